The topological polar surface area (TPSA) is 94.8 Å². The van der Waals surface area contributed by atoms with Crippen molar-refractivity contribution in [3.8, 4) is 0 Å². The van der Waals surface area contributed by atoms with Crippen molar-refractivity contribution in [3.05, 3.63) is 76.3 Å². The molecule has 0 saturated heterocycles. The van der Waals surface area contributed by atoms with Crippen LogP contribution in [0.2, 0.25) is 0 Å². The third kappa shape index (κ3) is 4.59. The van der Waals surface area contributed by atoms with Crippen molar-refractivity contribution < 1.29 is 17.9 Å². The summed E-state index contributed by atoms with van der Waals surface area (Å²) in [5.74, 6) is -1.01. The SMILES string of the molecule is Cc1ccc2nc(COC(=O)CCS(=O)(=O)c3ccccc3)cc(=O)n2c1. The Labute approximate surface area is 156 Å². The van der Waals surface area contributed by atoms with E-state index in [0.717, 1.165) is 5.56 Å². The van der Waals surface area contributed by atoms with Gasteiger partial charge in [-0.2, -0.15) is 0 Å². The molecule has 2 heterocycles. The highest BCUT2D eigenvalue weighted by Crippen LogP contribution is 2.11. The van der Waals surface area contributed by atoms with Gasteiger partial charge in [-0.05, 0) is 30.7 Å². The minimum Gasteiger partial charge on any atom is -0.459 e. The summed E-state index contributed by atoms with van der Waals surface area (Å²) in [7, 11) is -3.55. The number of carbonyl (C=O) groups is 1. The quantitative estimate of drug-likeness (QED) is 0.601. The average Bonchev–Trinajstić information content (AvgIpc) is 2.66. The Kier molecular flexibility index (Phi) is 5.36. The van der Waals surface area contributed by atoms with E-state index in [1.807, 2.05) is 13.0 Å². The molecule has 0 N–H and O–H groups in total. The minimum atomic E-state index is -3.55. The summed E-state index contributed by atoms with van der Waals surface area (Å²) in [6.45, 7) is 1.68. The molecule has 3 rings (SSSR count). The maximum Gasteiger partial charge on any atom is 0.307 e. The highest BCUT2D eigenvalue weighted by atomic mass is 32.2. The van der Waals surface area contributed by atoms with Gasteiger partial charge in [0, 0.05) is 12.3 Å². The van der Waals surface area contributed by atoms with Gasteiger partial charge in [0.15, 0.2) is 9.84 Å². The molecule has 1 aromatic carbocycles. The number of nitrogens with zero attached hydrogens (tertiary/aromatic N) is 2. The Morgan fingerprint density at radius 3 is 2.63 bits per heavy atom. The molecule has 0 amide bonds. The fraction of sp³-hybridized carbons (Fsp3) is 0.211. The van der Waals surface area contributed by atoms with Crippen LogP contribution in [0.3, 0.4) is 0 Å². The summed E-state index contributed by atoms with van der Waals surface area (Å²) in [6.07, 6.45) is 1.40. The molecule has 0 spiro atoms. The fourth-order valence-electron chi connectivity index (χ4n) is 2.52. The lowest BCUT2D eigenvalue weighted by atomic mass is 10.3. The van der Waals surface area contributed by atoms with Gasteiger partial charge in [0.05, 0.1) is 22.8 Å². The smallest absolute Gasteiger partial charge is 0.307 e. The number of hydrogen-bond acceptors (Lipinski definition) is 6. The minimum absolute atomic E-state index is 0.164. The molecule has 3 aromatic rings. The molecule has 0 aliphatic rings. The molecule has 0 radical (unpaired) electrons. The van der Waals surface area contributed by atoms with Crippen LogP contribution in [0.5, 0.6) is 0 Å². The van der Waals surface area contributed by atoms with Crippen LogP contribution < -0.4 is 5.56 Å². The van der Waals surface area contributed by atoms with Crippen molar-refractivity contribution in [2.75, 3.05) is 5.75 Å². The molecule has 0 aliphatic carbocycles. The summed E-state index contributed by atoms with van der Waals surface area (Å²) in [4.78, 5) is 28.4. The molecule has 0 saturated carbocycles. The largest absolute Gasteiger partial charge is 0.459 e. The van der Waals surface area contributed by atoms with Crippen LogP contribution in [0.1, 0.15) is 17.7 Å². The van der Waals surface area contributed by atoms with E-state index in [-0.39, 0.29) is 29.2 Å². The second-order valence-electron chi connectivity index (χ2n) is 6.06. The molecule has 7 nitrogen and oxygen atoms in total. The van der Waals surface area contributed by atoms with E-state index < -0.39 is 15.8 Å². The molecular formula is C19H18N2O5S. The van der Waals surface area contributed by atoms with Crippen LogP contribution >= 0.6 is 0 Å². The van der Waals surface area contributed by atoms with Crippen LogP contribution in [0.4, 0.5) is 0 Å². The second-order valence-corrected chi connectivity index (χ2v) is 8.17. The maximum atomic E-state index is 12.2. The Morgan fingerprint density at radius 1 is 1.15 bits per heavy atom. The molecule has 27 heavy (non-hydrogen) atoms. The number of aryl methyl sites for hydroxylation is 1. The van der Waals surface area contributed by atoms with Crippen molar-refractivity contribution in [1.29, 1.82) is 0 Å². The predicted molar refractivity (Wildman–Crippen MR) is 99.1 cm³/mol. The highest BCUT2D eigenvalue weighted by molar-refractivity contribution is 7.91. The first-order valence-corrected chi connectivity index (χ1v) is 9.93. The van der Waals surface area contributed by atoms with Crippen LogP contribution in [0.25, 0.3) is 5.65 Å². The first-order valence-electron chi connectivity index (χ1n) is 8.27. The lowest BCUT2D eigenvalue weighted by Crippen LogP contribution is -2.17. The van der Waals surface area contributed by atoms with Crippen molar-refractivity contribution in [2.45, 2.75) is 24.8 Å². The molecule has 0 bridgehead atoms. The van der Waals surface area contributed by atoms with Crippen molar-refractivity contribution in [3.63, 3.8) is 0 Å². The number of aromatic nitrogens is 2. The number of benzene rings is 1. The van der Waals surface area contributed by atoms with Crippen molar-refractivity contribution in [1.82, 2.24) is 9.38 Å². The van der Waals surface area contributed by atoms with Gasteiger partial charge in [-0.15, -0.1) is 0 Å². The molecule has 140 valence electrons. The molecule has 8 heteroatoms. The van der Waals surface area contributed by atoms with Gasteiger partial charge in [-0.1, -0.05) is 24.3 Å². The third-order valence-corrected chi connectivity index (χ3v) is 5.65. The van der Waals surface area contributed by atoms with Gasteiger partial charge in [0.1, 0.15) is 12.3 Å². The van der Waals surface area contributed by atoms with Gasteiger partial charge in [0.25, 0.3) is 5.56 Å². The first kappa shape index (κ1) is 18.8. The lowest BCUT2D eigenvalue weighted by molar-refractivity contribution is -0.144. The summed E-state index contributed by atoms with van der Waals surface area (Å²) in [5.41, 5.74) is 1.40. The zero-order valence-corrected chi connectivity index (χ0v) is 15.5. The number of rotatable bonds is 6. The van der Waals surface area contributed by atoms with Gasteiger partial charge < -0.3 is 4.74 Å². The molecule has 0 atom stereocenters. The molecule has 2 aromatic heterocycles. The zero-order chi connectivity index (χ0) is 19.4. The number of carbonyl (C=O) groups excluding carboxylic acids is 1. The molecule has 0 fully saturated rings. The maximum absolute atomic E-state index is 12.2. The van der Waals surface area contributed by atoms with Gasteiger partial charge in [-0.3, -0.25) is 14.0 Å². The normalized spacial score (nSPS) is 11.4. The predicted octanol–water partition coefficient (Wildman–Crippen LogP) is 1.91. The standard InChI is InChI=1S/C19H18N2O5S/c1-14-7-8-17-20-15(11-18(22)21(17)12-14)13-26-19(23)9-10-27(24,25)16-5-3-2-4-6-16/h2-8,11-12H,9-10,13H2,1H3. The van der Waals surface area contributed by atoms with Crippen LogP contribution in [0, 0.1) is 6.92 Å². The average molecular weight is 386 g/mol. The summed E-state index contributed by atoms with van der Waals surface area (Å²) in [6, 6.07) is 12.7. The number of esters is 1. The van der Waals surface area contributed by atoms with Gasteiger partial charge in [-0.25, -0.2) is 13.4 Å². The molecule has 0 unspecified atom stereocenters. The Morgan fingerprint density at radius 2 is 1.89 bits per heavy atom. The van der Waals surface area contributed by atoms with E-state index in [4.69, 9.17) is 4.74 Å². The Bertz CT molecular complexity index is 1140. The monoisotopic (exact) mass is 386 g/mol. The number of fused-ring (bicyclic) bond motifs is 1. The van der Waals surface area contributed by atoms with E-state index in [9.17, 15) is 18.0 Å². The third-order valence-electron chi connectivity index (χ3n) is 3.92. The van der Waals surface area contributed by atoms with E-state index in [1.165, 1.54) is 22.6 Å². The van der Waals surface area contributed by atoms with Crippen LogP contribution in [-0.2, 0) is 26.0 Å². The Hall–Kier alpha value is -3.00. The van der Waals surface area contributed by atoms with Crippen LogP contribution in [-0.4, -0.2) is 29.5 Å². The lowest BCUT2D eigenvalue weighted by Gasteiger charge is -2.07. The number of sulfone groups is 1. The summed E-state index contributed by atoms with van der Waals surface area (Å²) < 4.78 is 30.8. The fourth-order valence-corrected chi connectivity index (χ4v) is 3.77. The number of ether oxygens (including phenoxy) is 1. The number of hydrogen-bond donors (Lipinski definition) is 0. The van der Waals surface area contributed by atoms with E-state index in [0.29, 0.717) is 11.3 Å². The van der Waals surface area contributed by atoms with E-state index in [1.54, 1.807) is 30.5 Å². The Balaban J connectivity index is 1.62. The zero-order valence-electron chi connectivity index (χ0n) is 14.7. The number of pyridine rings is 1. The van der Waals surface area contributed by atoms with Crippen molar-refractivity contribution in [2.24, 2.45) is 0 Å². The highest BCUT2D eigenvalue weighted by Gasteiger charge is 2.17. The summed E-state index contributed by atoms with van der Waals surface area (Å²) >= 11 is 0. The van der Waals surface area contributed by atoms with Gasteiger partial charge in [0.2, 0.25) is 0 Å². The second kappa shape index (κ2) is 7.71. The molecule has 0 aliphatic heterocycles. The summed E-state index contributed by atoms with van der Waals surface area (Å²) in [5, 5.41) is 0. The van der Waals surface area contributed by atoms with E-state index in [2.05, 4.69) is 4.98 Å². The van der Waals surface area contributed by atoms with Crippen LogP contribution in [0.15, 0.2) is 64.4 Å². The van der Waals surface area contributed by atoms with Crippen molar-refractivity contribution >= 4 is 21.5 Å². The van der Waals surface area contributed by atoms with Gasteiger partial charge >= 0.3 is 5.97 Å². The first-order chi connectivity index (χ1) is 12.8. The van der Waals surface area contributed by atoms with E-state index >= 15 is 0 Å². The molecular weight excluding hydrogens is 368 g/mol.